The lowest BCUT2D eigenvalue weighted by atomic mass is 10.4. The molecule has 0 atom stereocenters. The lowest BCUT2D eigenvalue weighted by Crippen LogP contribution is -2.20. The van der Waals surface area contributed by atoms with Crippen molar-refractivity contribution in [2.24, 2.45) is 7.05 Å². The Kier molecular flexibility index (Phi) is 2.15. The fourth-order valence-electron chi connectivity index (χ4n) is 1.57. The van der Waals surface area contributed by atoms with Gasteiger partial charge in [0.15, 0.2) is 5.65 Å². The monoisotopic (exact) mass is 204 g/mol. The Labute approximate surface area is 86.7 Å². The molecular formula is C10H12N4O. The van der Waals surface area contributed by atoms with Gasteiger partial charge in [0.1, 0.15) is 11.2 Å². The molecule has 5 nitrogen and oxygen atoms in total. The number of hydrogen-bond acceptors (Lipinski definition) is 3. The second kappa shape index (κ2) is 3.34. The normalized spacial score (nSPS) is 10.8. The zero-order chi connectivity index (χ0) is 11.0. The van der Waals surface area contributed by atoms with Crippen molar-refractivity contribution in [2.45, 2.75) is 13.5 Å². The Bertz CT molecular complexity index is 579. The van der Waals surface area contributed by atoms with Crippen molar-refractivity contribution in [1.29, 1.82) is 0 Å². The van der Waals surface area contributed by atoms with Gasteiger partial charge in [-0.1, -0.05) is 6.08 Å². The minimum Gasteiger partial charge on any atom is -0.268 e. The molecule has 2 rings (SSSR count). The highest BCUT2D eigenvalue weighted by molar-refractivity contribution is 5.73. The highest BCUT2D eigenvalue weighted by Gasteiger charge is 2.10. The molecule has 2 heterocycles. The van der Waals surface area contributed by atoms with Crippen LogP contribution >= 0.6 is 0 Å². The van der Waals surface area contributed by atoms with Gasteiger partial charge >= 0.3 is 0 Å². The van der Waals surface area contributed by atoms with Gasteiger partial charge in [0.05, 0.1) is 6.54 Å². The molecule has 0 spiro atoms. The highest BCUT2D eigenvalue weighted by atomic mass is 16.1. The Morgan fingerprint density at radius 2 is 2.33 bits per heavy atom. The second-order valence-electron chi connectivity index (χ2n) is 3.35. The van der Waals surface area contributed by atoms with Gasteiger partial charge in [-0.25, -0.2) is 14.6 Å². The summed E-state index contributed by atoms with van der Waals surface area (Å²) in [5, 5.41) is 0.546. The molecule has 0 saturated carbocycles. The van der Waals surface area contributed by atoms with Crippen LogP contribution in [-0.4, -0.2) is 19.3 Å². The minimum atomic E-state index is -0.0765. The largest absolute Gasteiger partial charge is 0.278 e. The molecule has 0 N–H and O–H groups in total. The summed E-state index contributed by atoms with van der Waals surface area (Å²) in [4.78, 5) is 20.1. The molecule has 5 heteroatoms. The molecule has 0 unspecified atom stereocenters. The van der Waals surface area contributed by atoms with Crippen molar-refractivity contribution in [3.63, 3.8) is 0 Å². The lowest BCUT2D eigenvalue weighted by Gasteiger charge is -2.02. The van der Waals surface area contributed by atoms with Crippen LogP contribution in [-0.2, 0) is 13.6 Å². The van der Waals surface area contributed by atoms with Crippen molar-refractivity contribution in [3.05, 3.63) is 35.0 Å². The van der Waals surface area contributed by atoms with Crippen LogP contribution in [0.4, 0.5) is 0 Å². The Morgan fingerprint density at radius 1 is 1.60 bits per heavy atom. The summed E-state index contributed by atoms with van der Waals surface area (Å²) in [6.45, 7) is 5.89. The molecule has 0 fully saturated rings. The smallest absolute Gasteiger partial charge is 0.268 e. The van der Waals surface area contributed by atoms with E-state index in [4.69, 9.17) is 0 Å². The van der Waals surface area contributed by atoms with Crippen molar-refractivity contribution in [2.75, 3.05) is 0 Å². The van der Waals surface area contributed by atoms with E-state index in [0.717, 1.165) is 0 Å². The first-order valence-electron chi connectivity index (χ1n) is 4.65. The van der Waals surface area contributed by atoms with Crippen molar-refractivity contribution < 1.29 is 0 Å². The van der Waals surface area contributed by atoms with Gasteiger partial charge in [0, 0.05) is 13.2 Å². The average Bonchev–Trinajstić information content (AvgIpc) is 2.44. The maximum Gasteiger partial charge on any atom is 0.278 e. The van der Waals surface area contributed by atoms with E-state index < -0.39 is 0 Å². The summed E-state index contributed by atoms with van der Waals surface area (Å²) >= 11 is 0. The summed E-state index contributed by atoms with van der Waals surface area (Å²) in [5.74, 6) is 0.661. The van der Waals surface area contributed by atoms with E-state index in [1.54, 1.807) is 35.6 Å². The number of fused-ring (bicyclic) bond motifs is 1. The molecular weight excluding hydrogens is 192 g/mol. The molecule has 15 heavy (non-hydrogen) atoms. The number of aryl methyl sites for hydroxylation is 2. The molecule has 0 aliphatic heterocycles. The zero-order valence-electron chi connectivity index (χ0n) is 8.77. The van der Waals surface area contributed by atoms with Crippen molar-refractivity contribution in [3.8, 4) is 0 Å². The fraction of sp³-hybridized carbons (Fsp3) is 0.300. The molecule has 0 aliphatic carbocycles. The van der Waals surface area contributed by atoms with Crippen LogP contribution in [0.15, 0.2) is 23.6 Å². The predicted octanol–water partition coefficient (Wildman–Crippen LogP) is 0.624. The molecule has 78 valence electrons. The topological polar surface area (TPSA) is 52.7 Å². The van der Waals surface area contributed by atoms with Gasteiger partial charge in [-0.3, -0.25) is 9.48 Å². The van der Waals surface area contributed by atoms with E-state index in [0.29, 0.717) is 23.4 Å². The molecule has 0 aliphatic rings. The van der Waals surface area contributed by atoms with E-state index in [-0.39, 0.29) is 5.56 Å². The van der Waals surface area contributed by atoms with Crippen molar-refractivity contribution in [1.82, 2.24) is 19.3 Å². The molecule has 0 aromatic carbocycles. The van der Waals surface area contributed by atoms with Crippen LogP contribution in [0.1, 0.15) is 5.82 Å². The zero-order valence-corrected chi connectivity index (χ0v) is 8.77. The summed E-state index contributed by atoms with van der Waals surface area (Å²) in [6.07, 6.45) is 3.25. The number of nitrogens with zero attached hydrogens (tertiary/aromatic N) is 4. The van der Waals surface area contributed by atoms with Crippen LogP contribution in [0.3, 0.4) is 0 Å². The SMILES string of the molecule is C=CCn1c(=O)c2cnc(C)nc2n1C. The number of aromatic nitrogens is 4. The van der Waals surface area contributed by atoms with E-state index in [1.165, 1.54) is 0 Å². The highest BCUT2D eigenvalue weighted by Crippen LogP contribution is 2.05. The van der Waals surface area contributed by atoms with Gasteiger partial charge in [0.2, 0.25) is 0 Å². The van der Waals surface area contributed by atoms with Gasteiger partial charge in [-0.15, -0.1) is 6.58 Å². The fourth-order valence-corrected chi connectivity index (χ4v) is 1.57. The maximum atomic E-state index is 11.9. The lowest BCUT2D eigenvalue weighted by molar-refractivity contribution is 0.554. The summed E-state index contributed by atoms with van der Waals surface area (Å²) < 4.78 is 3.31. The molecule has 0 saturated heterocycles. The van der Waals surface area contributed by atoms with Crippen LogP contribution in [0.2, 0.25) is 0 Å². The van der Waals surface area contributed by atoms with Gasteiger partial charge in [-0.2, -0.15) is 0 Å². The average molecular weight is 204 g/mol. The Balaban J connectivity index is 2.85. The van der Waals surface area contributed by atoms with Crippen molar-refractivity contribution >= 4 is 11.0 Å². The third-order valence-corrected chi connectivity index (χ3v) is 2.32. The van der Waals surface area contributed by atoms with Gasteiger partial charge in [0.25, 0.3) is 5.56 Å². The van der Waals surface area contributed by atoms with E-state index in [9.17, 15) is 4.79 Å². The predicted molar refractivity (Wildman–Crippen MR) is 57.7 cm³/mol. The third kappa shape index (κ3) is 1.36. The van der Waals surface area contributed by atoms with Crippen LogP contribution < -0.4 is 5.56 Å². The van der Waals surface area contributed by atoms with Crippen LogP contribution in [0.25, 0.3) is 11.0 Å². The second-order valence-corrected chi connectivity index (χ2v) is 3.35. The molecule has 2 aromatic heterocycles. The number of rotatable bonds is 2. The minimum absolute atomic E-state index is 0.0765. The number of allylic oxidation sites excluding steroid dienone is 1. The Morgan fingerprint density at radius 3 is 3.00 bits per heavy atom. The molecule has 2 aromatic rings. The van der Waals surface area contributed by atoms with E-state index in [2.05, 4.69) is 16.5 Å². The van der Waals surface area contributed by atoms with Crippen LogP contribution in [0.5, 0.6) is 0 Å². The standard InChI is InChI=1S/C10H12N4O/c1-4-5-14-10(15)8-6-11-7(2)12-9(8)13(14)3/h4,6H,1,5H2,2-3H3. The first-order valence-corrected chi connectivity index (χ1v) is 4.65. The summed E-state index contributed by atoms with van der Waals surface area (Å²) in [7, 11) is 1.81. The molecule has 0 bridgehead atoms. The molecule has 0 amide bonds. The Hall–Kier alpha value is -1.91. The number of hydrogen-bond donors (Lipinski definition) is 0. The van der Waals surface area contributed by atoms with Gasteiger partial charge in [-0.05, 0) is 6.92 Å². The quantitative estimate of drug-likeness (QED) is 0.674. The first-order chi connectivity index (χ1) is 7.15. The van der Waals surface area contributed by atoms with E-state index in [1.807, 2.05) is 0 Å². The molecule has 0 radical (unpaired) electrons. The van der Waals surface area contributed by atoms with E-state index >= 15 is 0 Å². The van der Waals surface area contributed by atoms with Gasteiger partial charge < -0.3 is 0 Å². The third-order valence-electron chi connectivity index (χ3n) is 2.32. The maximum absolute atomic E-state index is 11.9. The summed E-state index contributed by atoms with van der Waals surface area (Å²) in [6, 6.07) is 0. The first kappa shape index (κ1) is 9.64. The summed E-state index contributed by atoms with van der Waals surface area (Å²) in [5.41, 5.74) is 0.585. The van der Waals surface area contributed by atoms with Crippen LogP contribution in [0, 0.1) is 6.92 Å².